The Morgan fingerprint density at radius 1 is 1.09 bits per heavy atom. The van der Waals surface area contributed by atoms with Crippen LogP contribution in [0, 0.1) is 19.8 Å². The van der Waals surface area contributed by atoms with Gasteiger partial charge in [-0.05, 0) is 57.1 Å². The largest absolute Gasteiger partial charge is 0.361 e. The molecule has 4 heteroatoms. The zero-order valence-electron chi connectivity index (χ0n) is 14.6. The number of fused-ring (bicyclic) bond motifs is 1. The Hall–Kier alpha value is -1.97. The average Bonchev–Trinajstić information content (AvgIpc) is 2.53. The lowest BCUT2D eigenvalue weighted by Crippen LogP contribution is -2.22. The molecular formula is C19H26N4. The van der Waals surface area contributed by atoms with Crippen molar-refractivity contribution in [3.05, 3.63) is 46.7 Å². The highest BCUT2D eigenvalue weighted by molar-refractivity contribution is 5.49. The summed E-state index contributed by atoms with van der Waals surface area (Å²) in [4.78, 5) is 14.0. The van der Waals surface area contributed by atoms with Crippen LogP contribution in [0.15, 0.2) is 18.3 Å². The fourth-order valence-electron chi connectivity index (χ4n) is 3.36. The molecule has 3 rings (SSSR count). The standard InChI is InChI=1S/C19H26N4/c1-12(2)17(18-13(3)8-7-11-20-18)23-19-15-9-5-6-10-16(15)21-14(4)22-19/h7-8,11-12,17H,5-6,9-10H2,1-4H3,(H,21,22,23). The fraction of sp³-hybridized carbons (Fsp3) is 0.526. The monoisotopic (exact) mass is 310 g/mol. The van der Waals surface area contributed by atoms with E-state index in [-0.39, 0.29) is 6.04 Å². The number of aromatic nitrogens is 3. The summed E-state index contributed by atoms with van der Waals surface area (Å²) in [5, 5.41) is 3.69. The smallest absolute Gasteiger partial charge is 0.133 e. The molecule has 2 aromatic heterocycles. The van der Waals surface area contributed by atoms with Gasteiger partial charge < -0.3 is 5.32 Å². The molecule has 1 atom stereocenters. The molecule has 4 nitrogen and oxygen atoms in total. The first kappa shape index (κ1) is 15.9. The predicted octanol–water partition coefficient (Wildman–Crippen LogP) is 4.18. The van der Waals surface area contributed by atoms with Gasteiger partial charge in [-0.3, -0.25) is 4.98 Å². The van der Waals surface area contributed by atoms with Crippen LogP contribution in [0.4, 0.5) is 5.82 Å². The lowest BCUT2D eigenvalue weighted by atomic mass is 9.94. The highest BCUT2D eigenvalue weighted by atomic mass is 15.1. The number of aryl methyl sites for hydroxylation is 3. The maximum Gasteiger partial charge on any atom is 0.133 e. The first-order chi connectivity index (χ1) is 11.1. The van der Waals surface area contributed by atoms with Crippen LogP contribution in [0.1, 0.15) is 61.1 Å². The van der Waals surface area contributed by atoms with E-state index in [2.05, 4.69) is 42.1 Å². The molecule has 0 saturated heterocycles. The van der Waals surface area contributed by atoms with E-state index in [9.17, 15) is 0 Å². The number of hydrogen-bond acceptors (Lipinski definition) is 4. The summed E-state index contributed by atoms with van der Waals surface area (Å²) in [6.45, 7) is 8.56. The van der Waals surface area contributed by atoms with Gasteiger partial charge in [0.1, 0.15) is 11.6 Å². The lowest BCUT2D eigenvalue weighted by Gasteiger charge is -2.27. The van der Waals surface area contributed by atoms with Crippen molar-refractivity contribution >= 4 is 5.82 Å². The van der Waals surface area contributed by atoms with Crippen LogP contribution in [-0.2, 0) is 12.8 Å². The Morgan fingerprint density at radius 2 is 1.87 bits per heavy atom. The molecule has 0 radical (unpaired) electrons. The number of rotatable bonds is 4. The number of pyridine rings is 1. The van der Waals surface area contributed by atoms with E-state index < -0.39 is 0 Å². The van der Waals surface area contributed by atoms with Gasteiger partial charge in [0.15, 0.2) is 0 Å². The number of nitrogens with one attached hydrogen (secondary N) is 1. The van der Waals surface area contributed by atoms with E-state index >= 15 is 0 Å². The lowest BCUT2D eigenvalue weighted by molar-refractivity contribution is 0.528. The molecule has 0 fully saturated rings. The Bertz CT molecular complexity index is 694. The summed E-state index contributed by atoms with van der Waals surface area (Å²) in [6, 6.07) is 4.28. The van der Waals surface area contributed by atoms with E-state index in [0.717, 1.165) is 30.2 Å². The topological polar surface area (TPSA) is 50.7 Å². The van der Waals surface area contributed by atoms with Crippen LogP contribution >= 0.6 is 0 Å². The number of anilines is 1. The minimum absolute atomic E-state index is 0.163. The van der Waals surface area contributed by atoms with E-state index in [1.54, 1.807) is 0 Å². The van der Waals surface area contributed by atoms with Gasteiger partial charge >= 0.3 is 0 Å². The first-order valence-electron chi connectivity index (χ1n) is 8.60. The van der Waals surface area contributed by atoms with Crippen LogP contribution < -0.4 is 5.32 Å². The Morgan fingerprint density at radius 3 is 2.61 bits per heavy atom. The molecule has 2 aromatic rings. The zero-order chi connectivity index (χ0) is 16.4. The maximum atomic E-state index is 4.71. The van der Waals surface area contributed by atoms with E-state index in [1.807, 2.05) is 19.2 Å². The van der Waals surface area contributed by atoms with Crippen LogP contribution in [0.3, 0.4) is 0 Å². The molecule has 2 heterocycles. The summed E-state index contributed by atoms with van der Waals surface area (Å²) in [5.41, 5.74) is 4.87. The Balaban J connectivity index is 1.98. The van der Waals surface area contributed by atoms with Gasteiger partial charge in [0.05, 0.1) is 11.7 Å². The summed E-state index contributed by atoms with van der Waals surface area (Å²) in [6.07, 6.45) is 6.48. The minimum Gasteiger partial charge on any atom is -0.361 e. The quantitative estimate of drug-likeness (QED) is 0.920. The summed E-state index contributed by atoms with van der Waals surface area (Å²) in [7, 11) is 0. The molecule has 0 saturated carbocycles. The van der Waals surface area contributed by atoms with Gasteiger partial charge in [0.2, 0.25) is 0 Å². The van der Waals surface area contributed by atoms with Gasteiger partial charge in [0, 0.05) is 17.5 Å². The van der Waals surface area contributed by atoms with Crippen molar-refractivity contribution in [2.75, 3.05) is 5.32 Å². The normalized spacial score (nSPS) is 15.3. The first-order valence-corrected chi connectivity index (χ1v) is 8.60. The molecule has 0 aromatic carbocycles. The van der Waals surface area contributed by atoms with Gasteiger partial charge in [0.25, 0.3) is 0 Å². The third kappa shape index (κ3) is 3.36. The molecule has 0 aliphatic heterocycles. The SMILES string of the molecule is Cc1nc2c(c(NC(c3ncccc3C)C(C)C)n1)CCCC2. The summed E-state index contributed by atoms with van der Waals surface area (Å²) >= 11 is 0. The predicted molar refractivity (Wildman–Crippen MR) is 93.6 cm³/mol. The summed E-state index contributed by atoms with van der Waals surface area (Å²) in [5.74, 6) is 2.29. The second kappa shape index (κ2) is 6.65. The molecule has 1 unspecified atom stereocenters. The van der Waals surface area contributed by atoms with Gasteiger partial charge in [-0.2, -0.15) is 0 Å². The van der Waals surface area contributed by atoms with Crippen molar-refractivity contribution in [3.63, 3.8) is 0 Å². The zero-order valence-corrected chi connectivity index (χ0v) is 14.6. The number of nitrogens with zero attached hydrogens (tertiary/aromatic N) is 3. The van der Waals surface area contributed by atoms with E-state index in [0.29, 0.717) is 5.92 Å². The van der Waals surface area contributed by atoms with Crippen molar-refractivity contribution in [1.82, 2.24) is 15.0 Å². The average molecular weight is 310 g/mol. The molecule has 0 spiro atoms. The highest BCUT2D eigenvalue weighted by Gasteiger charge is 2.23. The van der Waals surface area contributed by atoms with Crippen molar-refractivity contribution in [2.45, 2.75) is 59.4 Å². The molecule has 0 bridgehead atoms. The van der Waals surface area contributed by atoms with Crippen LogP contribution in [0.25, 0.3) is 0 Å². The maximum absolute atomic E-state index is 4.71. The molecule has 1 aliphatic rings. The molecule has 1 aliphatic carbocycles. The second-order valence-corrected chi connectivity index (χ2v) is 6.82. The van der Waals surface area contributed by atoms with Crippen molar-refractivity contribution in [1.29, 1.82) is 0 Å². The number of hydrogen-bond donors (Lipinski definition) is 1. The van der Waals surface area contributed by atoms with Crippen molar-refractivity contribution in [3.8, 4) is 0 Å². The summed E-state index contributed by atoms with van der Waals surface area (Å²) < 4.78 is 0. The van der Waals surface area contributed by atoms with E-state index in [1.165, 1.54) is 29.7 Å². The fourth-order valence-corrected chi connectivity index (χ4v) is 3.36. The molecule has 1 N–H and O–H groups in total. The molecular weight excluding hydrogens is 284 g/mol. The second-order valence-electron chi connectivity index (χ2n) is 6.82. The third-order valence-electron chi connectivity index (χ3n) is 4.60. The van der Waals surface area contributed by atoms with Crippen LogP contribution in [0.5, 0.6) is 0 Å². The van der Waals surface area contributed by atoms with Gasteiger partial charge in [-0.15, -0.1) is 0 Å². The minimum atomic E-state index is 0.163. The van der Waals surface area contributed by atoms with Crippen molar-refractivity contribution < 1.29 is 0 Å². The van der Waals surface area contributed by atoms with Crippen LogP contribution in [-0.4, -0.2) is 15.0 Å². The molecule has 23 heavy (non-hydrogen) atoms. The van der Waals surface area contributed by atoms with Crippen molar-refractivity contribution in [2.24, 2.45) is 5.92 Å². The van der Waals surface area contributed by atoms with E-state index in [4.69, 9.17) is 4.98 Å². The Kier molecular flexibility index (Phi) is 4.60. The van der Waals surface area contributed by atoms with Gasteiger partial charge in [-0.1, -0.05) is 19.9 Å². The van der Waals surface area contributed by atoms with Crippen LogP contribution in [0.2, 0.25) is 0 Å². The molecule has 0 amide bonds. The molecule has 122 valence electrons. The third-order valence-corrected chi connectivity index (χ3v) is 4.60. The highest BCUT2D eigenvalue weighted by Crippen LogP contribution is 2.31. The van der Waals surface area contributed by atoms with Gasteiger partial charge in [-0.25, -0.2) is 9.97 Å². The Labute approximate surface area is 138 Å².